The van der Waals surface area contributed by atoms with E-state index in [1.54, 1.807) is 0 Å². The van der Waals surface area contributed by atoms with E-state index >= 15 is 0 Å². The quantitative estimate of drug-likeness (QED) is 0.453. The van der Waals surface area contributed by atoms with Crippen molar-refractivity contribution in [1.29, 1.82) is 0 Å². The van der Waals surface area contributed by atoms with Crippen LogP contribution in [0.5, 0.6) is 0 Å². The second-order valence-corrected chi connectivity index (χ2v) is 3.55. The molecule has 77 valence electrons. The Morgan fingerprint density at radius 1 is 1.15 bits per heavy atom. The Balaban J connectivity index is 2.52. The van der Waals surface area contributed by atoms with Gasteiger partial charge in [-0.2, -0.15) is 0 Å². The largest absolute Gasteiger partial charge is 0.394 e. The van der Waals surface area contributed by atoms with Crippen LogP contribution in [0, 0.1) is 18.3 Å². The summed E-state index contributed by atoms with van der Waals surface area (Å²) in [5.41, 5.74) is 0. The van der Waals surface area contributed by atoms with Crippen molar-refractivity contribution >= 4 is 0 Å². The van der Waals surface area contributed by atoms with Crippen molar-refractivity contribution < 1.29 is 20.4 Å². The van der Waals surface area contributed by atoms with Crippen LogP contribution in [-0.4, -0.2) is 45.8 Å². The van der Waals surface area contributed by atoms with Crippen molar-refractivity contribution in [3.05, 3.63) is 6.42 Å². The summed E-state index contributed by atoms with van der Waals surface area (Å²) in [5.74, 6) is -0.306. The molecule has 1 saturated carbocycles. The molecule has 4 heteroatoms. The molecule has 13 heavy (non-hydrogen) atoms. The van der Waals surface area contributed by atoms with Crippen LogP contribution in [-0.2, 0) is 0 Å². The highest BCUT2D eigenvalue weighted by Gasteiger charge is 2.36. The van der Waals surface area contributed by atoms with Crippen LogP contribution in [0.15, 0.2) is 0 Å². The van der Waals surface area contributed by atoms with Crippen LogP contribution >= 0.6 is 0 Å². The Kier molecular flexibility index (Phi) is 4.12. The molecule has 4 atom stereocenters. The molecule has 0 spiro atoms. The van der Waals surface area contributed by atoms with E-state index in [2.05, 4.69) is 0 Å². The van der Waals surface area contributed by atoms with Crippen LogP contribution in [0.2, 0.25) is 0 Å². The lowest BCUT2D eigenvalue weighted by atomic mass is 9.87. The zero-order valence-corrected chi connectivity index (χ0v) is 7.50. The van der Waals surface area contributed by atoms with Crippen molar-refractivity contribution in [3.63, 3.8) is 0 Å². The molecule has 0 bridgehead atoms. The van der Waals surface area contributed by atoms with Crippen molar-refractivity contribution in [2.75, 3.05) is 13.2 Å². The minimum Gasteiger partial charge on any atom is -0.394 e. The van der Waals surface area contributed by atoms with Crippen molar-refractivity contribution in [1.82, 2.24) is 0 Å². The summed E-state index contributed by atoms with van der Waals surface area (Å²) in [6.45, 7) is -0.580. The highest BCUT2D eigenvalue weighted by atomic mass is 16.3. The first-order valence-electron chi connectivity index (χ1n) is 4.62. The van der Waals surface area contributed by atoms with Gasteiger partial charge < -0.3 is 20.4 Å². The van der Waals surface area contributed by atoms with E-state index in [0.717, 1.165) is 12.8 Å². The third-order valence-electron chi connectivity index (χ3n) is 2.75. The normalized spacial score (nSPS) is 33.2. The monoisotopic (exact) mass is 189 g/mol. The van der Waals surface area contributed by atoms with Crippen LogP contribution in [0.25, 0.3) is 0 Å². The highest BCUT2D eigenvalue weighted by molar-refractivity contribution is 4.96. The predicted molar refractivity (Wildman–Crippen MR) is 46.7 cm³/mol. The molecule has 0 aromatic rings. The van der Waals surface area contributed by atoms with E-state index in [-0.39, 0.29) is 25.0 Å². The third kappa shape index (κ3) is 2.40. The molecule has 1 rings (SSSR count). The van der Waals surface area contributed by atoms with Crippen molar-refractivity contribution in [3.8, 4) is 0 Å². The van der Waals surface area contributed by atoms with Crippen LogP contribution < -0.4 is 0 Å². The fourth-order valence-corrected chi connectivity index (χ4v) is 2.00. The number of aliphatic hydroxyl groups excluding tert-OH is 4. The van der Waals surface area contributed by atoms with Gasteiger partial charge in [0.15, 0.2) is 0 Å². The Hall–Kier alpha value is -0.160. The SMILES string of the molecule is OCC(O)C1[CH]CCC1C(O)CO. The Labute approximate surface area is 77.8 Å². The van der Waals surface area contributed by atoms with Crippen molar-refractivity contribution in [2.24, 2.45) is 11.8 Å². The molecule has 0 saturated heterocycles. The summed E-state index contributed by atoms with van der Waals surface area (Å²) in [4.78, 5) is 0. The first kappa shape index (κ1) is 10.9. The molecule has 1 aliphatic carbocycles. The van der Waals surface area contributed by atoms with Gasteiger partial charge in [-0.3, -0.25) is 0 Å². The zero-order chi connectivity index (χ0) is 9.84. The average Bonchev–Trinajstić information content (AvgIpc) is 2.63. The fourth-order valence-electron chi connectivity index (χ4n) is 2.00. The molecule has 0 aromatic carbocycles. The maximum Gasteiger partial charge on any atom is 0.0805 e. The molecular weight excluding hydrogens is 172 g/mol. The summed E-state index contributed by atoms with van der Waals surface area (Å²) >= 11 is 0. The van der Waals surface area contributed by atoms with Crippen molar-refractivity contribution in [2.45, 2.75) is 25.0 Å². The lowest BCUT2D eigenvalue weighted by Crippen LogP contribution is -2.35. The summed E-state index contributed by atoms with van der Waals surface area (Å²) in [6, 6.07) is 0. The number of hydrogen-bond donors (Lipinski definition) is 4. The first-order valence-corrected chi connectivity index (χ1v) is 4.62. The van der Waals surface area contributed by atoms with E-state index in [0.29, 0.717) is 0 Å². The van der Waals surface area contributed by atoms with Crippen LogP contribution in [0.4, 0.5) is 0 Å². The van der Waals surface area contributed by atoms with E-state index in [4.69, 9.17) is 10.2 Å². The molecular formula is C9H17O4. The van der Waals surface area contributed by atoms with Gasteiger partial charge in [0.1, 0.15) is 0 Å². The van der Waals surface area contributed by atoms with E-state index in [1.807, 2.05) is 6.42 Å². The molecule has 0 aliphatic heterocycles. The van der Waals surface area contributed by atoms with Gasteiger partial charge in [0.2, 0.25) is 0 Å². The smallest absolute Gasteiger partial charge is 0.0805 e. The molecule has 0 aromatic heterocycles. The molecule has 1 fully saturated rings. The van der Waals surface area contributed by atoms with Gasteiger partial charge in [0.05, 0.1) is 25.4 Å². The van der Waals surface area contributed by atoms with Gasteiger partial charge in [-0.25, -0.2) is 0 Å². The summed E-state index contributed by atoms with van der Waals surface area (Å²) in [7, 11) is 0. The van der Waals surface area contributed by atoms with Gasteiger partial charge >= 0.3 is 0 Å². The molecule has 4 nitrogen and oxygen atoms in total. The van der Waals surface area contributed by atoms with Gasteiger partial charge in [-0.15, -0.1) is 0 Å². The maximum atomic E-state index is 9.41. The standard InChI is InChI=1S/C9H17O4/c10-4-8(12)6-2-1-3-7(6)9(13)5-11/h2,6-13H,1,3-5H2. The average molecular weight is 189 g/mol. The lowest BCUT2D eigenvalue weighted by molar-refractivity contribution is -0.0135. The lowest BCUT2D eigenvalue weighted by Gasteiger charge is -2.26. The summed E-state index contributed by atoms with van der Waals surface area (Å²) < 4.78 is 0. The minimum absolute atomic E-state index is 0.118. The van der Waals surface area contributed by atoms with Gasteiger partial charge in [0.25, 0.3) is 0 Å². The fraction of sp³-hybridized carbons (Fsp3) is 0.889. The zero-order valence-electron chi connectivity index (χ0n) is 7.50. The molecule has 0 amide bonds. The highest BCUT2D eigenvalue weighted by Crippen LogP contribution is 2.35. The maximum absolute atomic E-state index is 9.41. The summed E-state index contributed by atoms with van der Waals surface area (Å²) in [6.07, 6.45) is 1.90. The molecule has 0 heterocycles. The molecule has 1 radical (unpaired) electrons. The van der Waals surface area contributed by atoms with E-state index in [1.165, 1.54) is 0 Å². The first-order chi connectivity index (χ1) is 6.20. The van der Waals surface area contributed by atoms with Gasteiger partial charge in [-0.05, 0) is 31.1 Å². The minimum atomic E-state index is -0.811. The summed E-state index contributed by atoms with van der Waals surface area (Å²) in [5, 5.41) is 36.3. The second-order valence-electron chi connectivity index (χ2n) is 3.55. The number of rotatable bonds is 4. The van der Waals surface area contributed by atoms with Gasteiger partial charge in [0, 0.05) is 0 Å². The van der Waals surface area contributed by atoms with Crippen LogP contribution in [0.3, 0.4) is 0 Å². The van der Waals surface area contributed by atoms with E-state index < -0.39 is 12.2 Å². The molecule has 4 unspecified atom stereocenters. The predicted octanol–water partition coefficient (Wildman–Crippen LogP) is -1.08. The van der Waals surface area contributed by atoms with E-state index in [9.17, 15) is 10.2 Å². The van der Waals surface area contributed by atoms with Crippen LogP contribution in [0.1, 0.15) is 12.8 Å². The number of aliphatic hydroxyl groups is 4. The molecule has 1 aliphatic rings. The van der Waals surface area contributed by atoms with Gasteiger partial charge in [-0.1, -0.05) is 0 Å². The number of hydrogen-bond acceptors (Lipinski definition) is 4. The molecule has 4 N–H and O–H groups in total. The topological polar surface area (TPSA) is 80.9 Å². The second kappa shape index (κ2) is 4.91. The third-order valence-corrected chi connectivity index (χ3v) is 2.75. The Morgan fingerprint density at radius 2 is 1.77 bits per heavy atom. The Bertz CT molecular complexity index is 135. The Morgan fingerprint density at radius 3 is 2.31 bits per heavy atom.